The number of nitrogens with zero attached hydrogens (tertiary/aromatic N) is 1. The fourth-order valence-corrected chi connectivity index (χ4v) is 4.11. The van der Waals surface area contributed by atoms with Crippen LogP contribution in [-0.4, -0.2) is 31.1 Å². The van der Waals surface area contributed by atoms with Gasteiger partial charge in [0.1, 0.15) is 0 Å². The van der Waals surface area contributed by atoms with Crippen LogP contribution in [0.4, 0.5) is 0 Å². The zero-order valence-electron chi connectivity index (χ0n) is 15.0. The van der Waals surface area contributed by atoms with Gasteiger partial charge >= 0.3 is 0 Å². The Morgan fingerprint density at radius 3 is 2.56 bits per heavy atom. The summed E-state index contributed by atoms with van der Waals surface area (Å²) in [6.45, 7) is 8.92. The maximum absolute atomic E-state index is 12.7. The fourth-order valence-electron chi connectivity index (χ4n) is 3.06. The smallest absolute Gasteiger partial charge is 0.195 e. The average Bonchev–Trinajstić information content (AvgIpc) is 2.65. The molecule has 0 N–H and O–H groups in total. The lowest BCUT2D eigenvalue weighted by Gasteiger charge is -2.17. The van der Waals surface area contributed by atoms with Crippen molar-refractivity contribution in [2.75, 3.05) is 26.2 Å². The Balaban J connectivity index is 1.68. The molecule has 0 aliphatic carbocycles. The first kappa shape index (κ1) is 18.1. The molecule has 1 aromatic heterocycles. The molecule has 3 aromatic rings. The summed E-state index contributed by atoms with van der Waals surface area (Å²) in [6.07, 6.45) is 1.04. The quantitative estimate of drug-likeness (QED) is 0.435. The van der Waals surface area contributed by atoms with E-state index in [4.69, 9.17) is 4.74 Å². The van der Waals surface area contributed by atoms with Gasteiger partial charge in [0.25, 0.3) is 0 Å². The van der Waals surface area contributed by atoms with Crippen LogP contribution in [-0.2, 0) is 11.3 Å². The van der Waals surface area contributed by atoms with Crippen molar-refractivity contribution in [2.45, 2.75) is 26.9 Å². The molecule has 0 unspecified atom stereocenters. The van der Waals surface area contributed by atoms with Crippen molar-refractivity contribution >= 4 is 31.5 Å². The molecule has 0 radical (unpaired) electrons. The van der Waals surface area contributed by atoms with Crippen LogP contribution < -0.4 is 5.43 Å². The van der Waals surface area contributed by atoms with Gasteiger partial charge in [0.2, 0.25) is 0 Å². The molecule has 2 aromatic carbocycles. The van der Waals surface area contributed by atoms with Crippen LogP contribution in [0.25, 0.3) is 20.2 Å². The average molecular weight is 356 g/mol. The maximum atomic E-state index is 12.7. The van der Waals surface area contributed by atoms with E-state index in [1.807, 2.05) is 36.4 Å². The van der Waals surface area contributed by atoms with E-state index in [9.17, 15) is 4.79 Å². The van der Waals surface area contributed by atoms with Gasteiger partial charge in [0.05, 0.1) is 6.61 Å². The maximum Gasteiger partial charge on any atom is 0.195 e. The molecule has 4 heteroatoms. The highest BCUT2D eigenvalue weighted by Gasteiger charge is 2.06. The molecule has 0 saturated carbocycles. The number of hydrogen-bond acceptors (Lipinski definition) is 4. The number of fused-ring (bicyclic) bond motifs is 2. The highest BCUT2D eigenvalue weighted by Crippen LogP contribution is 2.25. The summed E-state index contributed by atoms with van der Waals surface area (Å²) in [4.78, 5) is 15.1. The predicted molar refractivity (Wildman–Crippen MR) is 108 cm³/mol. The summed E-state index contributed by atoms with van der Waals surface area (Å²) in [5, 5.41) is 1.60. The lowest BCUT2D eigenvalue weighted by Crippen LogP contribution is -2.24. The van der Waals surface area contributed by atoms with Crippen LogP contribution in [0.5, 0.6) is 0 Å². The van der Waals surface area contributed by atoms with E-state index in [0.29, 0.717) is 6.61 Å². The molecule has 25 heavy (non-hydrogen) atoms. The van der Waals surface area contributed by atoms with Crippen molar-refractivity contribution in [3.8, 4) is 0 Å². The monoisotopic (exact) mass is 355 g/mol. The van der Waals surface area contributed by atoms with Gasteiger partial charge in [0, 0.05) is 33.3 Å². The van der Waals surface area contributed by atoms with Gasteiger partial charge in [0.15, 0.2) is 5.43 Å². The molecular formula is C21H25NO2S. The summed E-state index contributed by atoms with van der Waals surface area (Å²) in [5.41, 5.74) is 1.18. The Bertz CT molecular complexity index is 899. The Kier molecular flexibility index (Phi) is 6.19. The molecule has 0 aliphatic rings. The van der Waals surface area contributed by atoms with Crippen molar-refractivity contribution in [1.29, 1.82) is 0 Å². The van der Waals surface area contributed by atoms with Gasteiger partial charge in [-0.2, -0.15) is 0 Å². The van der Waals surface area contributed by atoms with Gasteiger partial charge in [-0.05, 0) is 49.3 Å². The second-order valence-electron chi connectivity index (χ2n) is 6.19. The van der Waals surface area contributed by atoms with E-state index >= 15 is 0 Å². The summed E-state index contributed by atoms with van der Waals surface area (Å²) in [6, 6.07) is 13.9. The summed E-state index contributed by atoms with van der Waals surface area (Å²) in [5.74, 6) is 0. The lowest BCUT2D eigenvalue weighted by atomic mass is 10.1. The number of rotatable bonds is 8. The van der Waals surface area contributed by atoms with Crippen molar-refractivity contribution in [2.24, 2.45) is 0 Å². The molecule has 3 rings (SSSR count). The highest BCUT2D eigenvalue weighted by molar-refractivity contribution is 7.24. The van der Waals surface area contributed by atoms with Crippen LogP contribution in [0.1, 0.15) is 25.8 Å². The first-order chi connectivity index (χ1) is 12.2. The second-order valence-corrected chi connectivity index (χ2v) is 7.27. The molecule has 1 heterocycles. The Labute approximate surface area is 152 Å². The van der Waals surface area contributed by atoms with E-state index in [0.717, 1.165) is 58.4 Å². The van der Waals surface area contributed by atoms with Crippen LogP contribution in [0, 0.1) is 0 Å². The van der Waals surface area contributed by atoms with Crippen molar-refractivity contribution in [1.82, 2.24) is 4.90 Å². The molecule has 0 saturated heterocycles. The van der Waals surface area contributed by atoms with Crippen molar-refractivity contribution in [3.05, 3.63) is 58.3 Å². The molecule has 0 amide bonds. The van der Waals surface area contributed by atoms with Gasteiger partial charge in [-0.15, -0.1) is 11.3 Å². The standard InChI is InChI=1S/C21H25NO2S/c1-3-22(4-2)12-7-13-24-15-16-10-11-20-18(14-16)21(23)17-8-5-6-9-19(17)25-20/h5-6,8-11,14H,3-4,7,12-13,15H2,1-2H3. The largest absolute Gasteiger partial charge is 0.377 e. The van der Waals surface area contributed by atoms with Crippen LogP contribution in [0.2, 0.25) is 0 Å². The van der Waals surface area contributed by atoms with Crippen molar-refractivity contribution < 1.29 is 4.74 Å². The van der Waals surface area contributed by atoms with Crippen molar-refractivity contribution in [3.63, 3.8) is 0 Å². The van der Waals surface area contributed by atoms with E-state index in [1.165, 1.54) is 0 Å². The first-order valence-electron chi connectivity index (χ1n) is 8.97. The summed E-state index contributed by atoms with van der Waals surface area (Å²) < 4.78 is 7.89. The van der Waals surface area contributed by atoms with Gasteiger partial charge in [-0.1, -0.05) is 32.0 Å². The molecule has 0 aliphatic heterocycles. The van der Waals surface area contributed by atoms with Crippen LogP contribution in [0.3, 0.4) is 0 Å². The minimum Gasteiger partial charge on any atom is -0.377 e. The predicted octanol–water partition coefficient (Wildman–Crippen LogP) is 4.66. The Morgan fingerprint density at radius 1 is 1.00 bits per heavy atom. The second kappa shape index (κ2) is 8.56. The SMILES string of the molecule is CCN(CC)CCCOCc1ccc2sc3ccccc3c(=O)c2c1. The number of hydrogen-bond donors (Lipinski definition) is 0. The molecule has 0 bridgehead atoms. The van der Waals surface area contributed by atoms with E-state index in [-0.39, 0.29) is 5.43 Å². The fraction of sp³-hybridized carbons (Fsp3) is 0.381. The van der Waals surface area contributed by atoms with Gasteiger partial charge < -0.3 is 9.64 Å². The third-order valence-corrected chi connectivity index (χ3v) is 5.72. The first-order valence-corrected chi connectivity index (χ1v) is 9.79. The molecular weight excluding hydrogens is 330 g/mol. The zero-order chi connectivity index (χ0) is 17.6. The zero-order valence-corrected chi connectivity index (χ0v) is 15.8. The molecule has 0 atom stereocenters. The molecule has 3 nitrogen and oxygen atoms in total. The minimum absolute atomic E-state index is 0.118. The minimum atomic E-state index is 0.118. The lowest BCUT2D eigenvalue weighted by molar-refractivity contribution is 0.109. The topological polar surface area (TPSA) is 29.5 Å². The normalized spacial score (nSPS) is 11.6. The molecule has 132 valence electrons. The number of benzene rings is 2. The van der Waals surface area contributed by atoms with Gasteiger partial charge in [-0.25, -0.2) is 0 Å². The molecule has 0 fully saturated rings. The highest BCUT2D eigenvalue weighted by atomic mass is 32.1. The summed E-state index contributed by atoms with van der Waals surface area (Å²) in [7, 11) is 0. The van der Waals surface area contributed by atoms with Gasteiger partial charge in [-0.3, -0.25) is 4.79 Å². The van der Waals surface area contributed by atoms with E-state index < -0.39 is 0 Å². The summed E-state index contributed by atoms with van der Waals surface area (Å²) >= 11 is 1.67. The van der Waals surface area contributed by atoms with E-state index in [1.54, 1.807) is 11.3 Å². The van der Waals surface area contributed by atoms with E-state index in [2.05, 4.69) is 24.8 Å². The molecule has 0 spiro atoms. The third kappa shape index (κ3) is 4.27. The Morgan fingerprint density at radius 2 is 1.76 bits per heavy atom. The third-order valence-electron chi connectivity index (χ3n) is 4.57. The Hall–Kier alpha value is -1.75. The van der Waals surface area contributed by atoms with Crippen LogP contribution in [0.15, 0.2) is 47.3 Å². The van der Waals surface area contributed by atoms with Crippen LogP contribution >= 0.6 is 11.3 Å². The number of ether oxygens (including phenoxy) is 1.